The molecule has 0 atom stereocenters. The molecule has 1 heterocycles. The Kier molecular flexibility index (Phi) is 3.53. The van der Waals surface area contributed by atoms with Gasteiger partial charge in [-0.05, 0) is 41.1 Å². The Morgan fingerprint density at radius 3 is 2.57 bits per heavy atom. The molecule has 0 aliphatic rings. The van der Waals surface area contributed by atoms with Gasteiger partial charge in [-0.15, -0.1) is 0 Å². The van der Waals surface area contributed by atoms with Gasteiger partial charge >= 0.3 is 0 Å². The first-order valence-corrected chi connectivity index (χ1v) is 6.97. The first-order chi connectivity index (χ1) is 10.1. The van der Waals surface area contributed by atoms with Crippen LogP contribution in [0.25, 0.3) is 10.8 Å². The zero-order valence-electron chi connectivity index (χ0n) is 10.8. The third-order valence-electron chi connectivity index (χ3n) is 2.97. The van der Waals surface area contributed by atoms with Crippen molar-refractivity contribution in [2.45, 2.75) is 0 Å². The summed E-state index contributed by atoms with van der Waals surface area (Å²) in [6.07, 6.45) is 0. The van der Waals surface area contributed by atoms with E-state index in [0.29, 0.717) is 5.69 Å². The van der Waals surface area contributed by atoms with Crippen molar-refractivity contribution in [3.8, 4) is 0 Å². The molecule has 2 aromatic carbocycles. The number of anilines is 1. The number of rotatable bonds is 2. The third-order valence-corrected chi connectivity index (χ3v) is 3.47. The predicted octanol–water partition coefficient (Wildman–Crippen LogP) is 2.94. The molecule has 1 amide bonds. The molecule has 2 N–H and O–H groups in total. The average Bonchev–Trinajstić information content (AvgIpc) is 2.48. The monoisotopic (exact) mass is 343 g/mol. The molecular formula is C15H10BrN3O2. The number of aromatic nitrogens is 2. The summed E-state index contributed by atoms with van der Waals surface area (Å²) in [5.74, 6) is -0.372. The summed E-state index contributed by atoms with van der Waals surface area (Å²) in [7, 11) is 0. The van der Waals surface area contributed by atoms with E-state index in [1.54, 1.807) is 0 Å². The number of aromatic amines is 1. The topological polar surface area (TPSA) is 74.8 Å². The van der Waals surface area contributed by atoms with Crippen LogP contribution in [0.2, 0.25) is 0 Å². The highest BCUT2D eigenvalue weighted by atomic mass is 79.9. The van der Waals surface area contributed by atoms with Crippen molar-refractivity contribution >= 4 is 38.3 Å². The van der Waals surface area contributed by atoms with Crippen molar-refractivity contribution in [1.82, 2.24) is 10.2 Å². The molecule has 1 aromatic heterocycles. The van der Waals surface area contributed by atoms with E-state index in [2.05, 4.69) is 31.4 Å². The van der Waals surface area contributed by atoms with E-state index in [1.807, 2.05) is 36.4 Å². The van der Waals surface area contributed by atoms with Gasteiger partial charge in [0.15, 0.2) is 0 Å². The van der Waals surface area contributed by atoms with Crippen LogP contribution in [0, 0.1) is 0 Å². The fraction of sp³-hybridized carbons (Fsp3) is 0. The number of nitrogens with zero attached hydrogens (tertiary/aromatic N) is 1. The second kappa shape index (κ2) is 5.49. The predicted molar refractivity (Wildman–Crippen MR) is 84.5 cm³/mol. The van der Waals surface area contributed by atoms with Crippen LogP contribution >= 0.6 is 15.9 Å². The Balaban J connectivity index is 1.87. The molecule has 6 heteroatoms. The van der Waals surface area contributed by atoms with Crippen LogP contribution in [0.4, 0.5) is 5.69 Å². The lowest BCUT2D eigenvalue weighted by Crippen LogP contribution is -2.17. The minimum Gasteiger partial charge on any atom is -0.321 e. The van der Waals surface area contributed by atoms with E-state index >= 15 is 0 Å². The second-order valence-corrected chi connectivity index (χ2v) is 5.38. The Morgan fingerprint density at radius 2 is 1.81 bits per heavy atom. The molecule has 5 nitrogen and oxygen atoms in total. The number of nitrogens with one attached hydrogen (secondary N) is 2. The molecule has 0 saturated heterocycles. The van der Waals surface area contributed by atoms with E-state index in [9.17, 15) is 9.59 Å². The molecule has 0 unspecified atom stereocenters. The molecule has 0 spiro atoms. The lowest BCUT2D eigenvalue weighted by Gasteiger charge is -2.06. The summed E-state index contributed by atoms with van der Waals surface area (Å²) in [4.78, 5) is 22.9. The lowest BCUT2D eigenvalue weighted by atomic mass is 10.1. The van der Waals surface area contributed by atoms with Gasteiger partial charge in [-0.1, -0.05) is 28.1 Å². The Morgan fingerprint density at radius 1 is 1.05 bits per heavy atom. The first-order valence-electron chi connectivity index (χ1n) is 6.18. The smallest absolute Gasteiger partial charge is 0.276 e. The molecule has 3 aromatic rings. The standard InChI is InChI=1S/C15H10BrN3O2/c16-11-3-1-10-8-12(4-2-9(10)7-11)17-15(21)13-5-6-14(20)19-18-13/h1-8H,(H,17,21)(H,19,20). The molecule has 0 radical (unpaired) electrons. The van der Waals surface area contributed by atoms with Crippen molar-refractivity contribution in [3.63, 3.8) is 0 Å². The molecule has 3 rings (SSSR count). The maximum Gasteiger partial charge on any atom is 0.276 e. The largest absolute Gasteiger partial charge is 0.321 e. The summed E-state index contributed by atoms with van der Waals surface area (Å²) in [6.45, 7) is 0. The molecular weight excluding hydrogens is 334 g/mol. The molecule has 21 heavy (non-hydrogen) atoms. The lowest BCUT2D eigenvalue weighted by molar-refractivity contribution is 0.102. The number of H-pyrrole nitrogens is 1. The van der Waals surface area contributed by atoms with Gasteiger partial charge in [-0.2, -0.15) is 5.10 Å². The van der Waals surface area contributed by atoms with Gasteiger partial charge in [0.1, 0.15) is 5.69 Å². The Hall–Kier alpha value is -2.47. The highest BCUT2D eigenvalue weighted by Gasteiger charge is 2.08. The van der Waals surface area contributed by atoms with Crippen molar-refractivity contribution in [2.24, 2.45) is 0 Å². The minimum absolute atomic E-state index is 0.158. The number of hydrogen-bond acceptors (Lipinski definition) is 3. The number of halogens is 1. The van der Waals surface area contributed by atoms with Crippen molar-refractivity contribution in [1.29, 1.82) is 0 Å². The van der Waals surface area contributed by atoms with Crippen LogP contribution in [0.3, 0.4) is 0 Å². The van der Waals surface area contributed by atoms with E-state index in [0.717, 1.165) is 15.2 Å². The summed E-state index contributed by atoms with van der Waals surface area (Å²) < 4.78 is 1.00. The number of amides is 1. The molecule has 104 valence electrons. The maximum atomic E-state index is 12.0. The molecule has 0 saturated carbocycles. The fourth-order valence-corrected chi connectivity index (χ4v) is 2.34. The van der Waals surface area contributed by atoms with E-state index in [4.69, 9.17) is 0 Å². The number of hydrogen-bond donors (Lipinski definition) is 2. The number of fused-ring (bicyclic) bond motifs is 1. The van der Waals surface area contributed by atoms with Gasteiger partial charge in [-0.25, -0.2) is 5.10 Å². The first kappa shape index (κ1) is 13.5. The average molecular weight is 344 g/mol. The van der Waals surface area contributed by atoms with Crippen LogP contribution in [-0.2, 0) is 0 Å². The van der Waals surface area contributed by atoms with Crippen LogP contribution in [0.15, 0.2) is 57.8 Å². The van der Waals surface area contributed by atoms with Gasteiger partial charge in [0.2, 0.25) is 0 Å². The maximum absolute atomic E-state index is 12.0. The van der Waals surface area contributed by atoms with Gasteiger partial charge in [0.05, 0.1) is 0 Å². The van der Waals surface area contributed by atoms with E-state index < -0.39 is 0 Å². The number of carbonyl (C=O) groups excluding carboxylic acids is 1. The van der Waals surface area contributed by atoms with Crippen molar-refractivity contribution in [2.75, 3.05) is 5.32 Å². The summed E-state index contributed by atoms with van der Waals surface area (Å²) in [5.41, 5.74) is 0.483. The van der Waals surface area contributed by atoms with Crippen LogP contribution in [0.5, 0.6) is 0 Å². The van der Waals surface area contributed by atoms with Gasteiger partial charge in [0, 0.05) is 16.2 Å². The number of benzene rings is 2. The number of carbonyl (C=O) groups is 1. The van der Waals surface area contributed by atoms with Gasteiger partial charge in [-0.3, -0.25) is 9.59 Å². The molecule has 0 bridgehead atoms. The third kappa shape index (κ3) is 3.00. The normalized spacial score (nSPS) is 10.5. The van der Waals surface area contributed by atoms with E-state index in [1.165, 1.54) is 12.1 Å². The fourth-order valence-electron chi connectivity index (χ4n) is 1.96. The zero-order valence-corrected chi connectivity index (χ0v) is 12.3. The van der Waals surface area contributed by atoms with Crippen LogP contribution in [0.1, 0.15) is 10.5 Å². The molecule has 0 aliphatic carbocycles. The van der Waals surface area contributed by atoms with E-state index in [-0.39, 0.29) is 17.2 Å². The Labute approximate surface area is 128 Å². The zero-order chi connectivity index (χ0) is 14.8. The van der Waals surface area contributed by atoms with Gasteiger partial charge in [0.25, 0.3) is 11.5 Å². The highest BCUT2D eigenvalue weighted by molar-refractivity contribution is 9.10. The summed E-state index contributed by atoms with van der Waals surface area (Å²) >= 11 is 3.42. The van der Waals surface area contributed by atoms with Crippen LogP contribution in [-0.4, -0.2) is 16.1 Å². The quantitative estimate of drug-likeness (QED) is 0.751. The SMILES string of the molecule is O=C(Nc1ccc2cc(Br)ccc2c1)c1ccc(=O)[nH]n1. The summed E-state index contributed by atoms with van der Waals surface area (Å²) in [5, 5.41) is 10.8. The Bertz CT molecular complexity index is 869. The second-order valence-electron chi connectivity index (χ2n) is 4.47. The van der Waals surface area contributed by atoms with Gasteiger partial charge < -0.3 is 5.32 Å². The van der Waals surface area contributed by atoms with Crippen LogP contribution < -0.4 is 10.9 Å². The minimum atomic E-state index is -0.372. The molecule has 0 fully saturated rings. The summed E-state index contributed by atoms with van der Waals surface area (Å²) in [6, 6.07) is 14.2. The van der Waals surface area contributed by atoms with Crippen molar-refractivity contribution < 1.29 is 4.79 Å². The highest BCUT2D eigenvalue weighted by Crippen LogP contribution is 2.23. The molecule has 0 aliphatic heterocycles. The van der Waals surface area contributed by atoms with Crippen molar-refractivity contribution in [3.05, 3.63) is 69.1 Å².